The molecule has 0 aliphatic rings. The van der Waals surface area contributed by atoms with Crippen molar-refractivity contribution in [2.24, 2.45) is 0 Å². The lowest BCUT2D eigenvalue weighted by molar-refractivity contribution is -0.139. The molecule has 0 saturated carbocycles. The number of carbonyl (C=O) groups excluding carboxylic acids is 1. The number of aromatic nitrogens is 4. The number of hydrogen-bond acceptors (Lipinski definition) is 5. The van der Waals surface area contributed by atoms with Gasteiger partial charge in [-0.25, -0.2) is 4.79 Å². The monoisotopic (exact) mass is 527 g/mol. The third kappa shape index (κ3) is 5.47. The summed E-state index contributed by atoms with van der Waals surface area (Å²) in [5.41, 5.74) is 3.68. The summed E-state index contributed by atoms with van der Waals surface area (Å²) in [6.07, 6.45) is 5.33. The maximum Gasteiger partial charge on any atom is 0.330 e. The van der Waals surface area contributed by atoms with Crippen LogP contribution in [0.2, 0.25) is 5.02 Å². The lowest BCUT2D eigenvalue weighted by Crippen LogP contribution is -2.34. The Kier molecular flexibility index (Phi) is 7.01. The van der Waals surface area contributed by atoms with Crippen molar-refractivity contribution >= 4 is 34.4 Å². The zero-order chi connectivity index (χ0) is 26.6. The number of amides is 1. The molecule has 5 aromatic rings. The number of nitrogens with zero attached hydrogens (tertiary/aromatic N) is 3. The van der Waals surface area contributed by atoms with Gasteiger partial charge in [-0.2, -0.15) is 5.10 Å². The third-order valence-corrected chi connectivity index (χ3v) is 6.33. The Bertz CT molecular complexity index is 1690. The molecule has 0 aliphatic heterocycles. The molecule has 3 N–H and O–H groups in total. The number of rotatable bonds is 8. The minimum Gasteiger partial charge on any atom is -0.479 e. The Morgan fingerprint density at radius 1 is 1.00 bits per heavy atom. The number of carboxylic acids is 1. The van der Waals surface area contributed by atoms with Crippen molar-refractivity contribution in [2.75, 3.05) is 0 Å². The normalized spacial score (nSPS) is 11.8. The molecule has 190 valence electrons. The smallest absolute Gasteiger partial charge is 0.330 e. The summed E-state index contributed by atoms with van der Waals surface area (Å²) in [6.45, 7) is 0.467. The number of hydrogen-bond donors (Lipinski definition) is 3. The molecule has 0 fully saturated rings. The minimum absolute atomic E-state index is 0.0516. The second kappa shape index (κ2) is 10.7. The largest absolute Gasteiger partial charge is 0.479 e. The first-order chi connectivity index (χ1) is 18.4. The van der Waals surface area contributed by atoms with Crippen LogP contribution in [0.15, 0.2) is 90.1 Å². The standard InChI is InChI=1S/C28H22ClN5O4/c29-21-8-9-23-22(13-21)26(33-32-23)27(36)31-25(28(37)38)20-12-19(14-30-15-20)11-17-4-6-18(7-5-17)16-34-10-2-1-3-24(34)35/h1-10,12-15,25H,11,16H2,(H,31,36)(H,32,33)(H,37,38). The maximum atomic E-state index is 12.9. The number of halogens is 1. The highest BCUT2D eigenvalue weighted by molar-refractivity contribution is 6.31. The van der Waals surface area contributed by atoms with E-state index in [4.69, 9.17) is 11.6 Å². The van der Waals surface area contributed by atoms with Crippen molar-refractivity contribution in [1.29, 1.82) is 0 Å². The highest BCUT2D eigenvalue weighted by Gasteiger charge is 2.25. The van der Waals surface area contributed by atoms with Crippen LogP contribution in [0.1, 0.15) is 38.8 Å². The molecule has 1 atom stereocenters. The molecule has 9 nitrogen and oxygen atoms in total. The number of aliphatic carboxylic acids is 1. The summed E-state index contributed by atoms with van der Waals surface area (Å²) < 4.78 is 1.63. The van der Waals surface area contributed by atoms with E-state index in [9.17, 15) is 19.5 Å². The predicted molar refractivity (Wildman–Crippen MR) is 142 cm³/mol. The Labute approximate surface area is 221 Å². The van der Waals surface area contributed by atoms with Gasteiger partial charge >= 0.3 is 5.97 Å². The Morgan fingerprint density at radius 2 is 1.79 bits per heavy atom. The van der Waals surface area contributed by atoms with Gasteiger partial charge in [0.15, 0.2) is 11.7 Å². The summed E-state index contributed by atoms with van der Waals surface area (Å²) in [5.74, 6) is -1.87. The number of pyridine rings is 2. The van der Waals surface area contributed by atoms with Crippen molar-refractivity contribution in [3.05, 3.63) is 129 Å². The van der Waals surface area contributed by atoms with E-state index in [1.165, 1.54) is 12.3 Å². The zero-order valence-corrected chi connectivity index (χ0v) is 20.7. The second-order valence-corrected chi connectivity index (χ2v) is 9.23. The molecule has 10 heteroatoms. The van der Waals surface area contributed by atoms with Crippen molar-refractivity contribution in [3.8, 4) is 0 Å². The molecule has 1 unspecified atom stereocenters. The Morgan fingerprint density at radius 3 is 2.55 bits per heavy atom. The molecular formula is C28H22ClN5O4. The van der Waals surface area contributed by atoms with Gasteiger partial charge in [-0.05, 0) is 53.4 Å². The first-order valence-corrected chi connectivity index (χ1v) is 12.1. The van der Waals surface area contributed by atoms with Gasteiger partial charge < -0.3 is 15.0 Å². The van der Waals surface area contributed by atoms with Crippen LogP contribution >= 0.6 is 11.6 Å². The van der Waals surface area contributed by atoms with Gasteiger partial charge in [-0.3, -0.25) is 19.7 Å². The summed E-state index contributed by atoms with van der Waals surface area (Å²) in [5, 5.41) is 20.1. The molecule has 3 heterocycles. The van der Waals surface area contributed by atoms with Gasteiger partial charge in [0.25, 0.3) is 11.5 Å². The van der Waals surface area contributed by atoms with E-state index >= 15 is 0 Å². The van der Waals surface area contributed by atoms with E-state index in [2.05, 4.69) is 20.5 Å². The summed E-state index contributed by atoms with van der Waals surface area (Å²) >= 11 is 6.05. The predicted octanol–water partition coefficient (Wildman–Crippen LogP) is 3.97. The molecule has 0 radical (unpaired) electrons. The number of carboxylic acid groups (broad SMARTS) is 1. The highest BCUT2D eigenvalue weighted by Crippen LogP contribution is 2.22. The molecule has 5 rings (SSSR count). The molecular weight excluding hydrogens is 506 g/mol. The van der Waals surface area contributed by atoms with Crippen LogP contribution in [-0.4, -0.2) is 36.7 Å². The van der Waals surface area contributed by atoms with Gasteiger partial charge in [0.05, 0.1) is 12.1 Å². The number of aromatic amines is 1. The lowest BCUT2D eigenvalue weighted by Gasteiger charge is -2.15. The van der Waals surface area contributed by atoms with Gasteiger partial charge in [0.2, 0.25) is 0 Å². The Balaban J connectivity index is 1.31. The van der Waals surface area contributed by atoms with E-state index in [-0.39, 0.29) is 11.3 Å². The maximum absolute atomic E-state index is 12.9. The number of fused-ring (bicyclic) bond motifs is 1. The topological polar surface area (TPSA) is 130 Å². The van der Waals surface area contributed by atoms with Gasteiger partial charge in [0, 0.05) is 40.6 Å². The third-order valence-electron chi connectivity index (χ3n) is 6.09. The minimum atomic E-state index is -1.33. The zero-order valence-electron chi connectivity index (χ0n) is 20.0. The molecule has 1 amide bonds. The van der Waals surface area contributed by atoms with Crippen LogP contribution in [-0.2, 0) is 17.8 Å². The second-order valence-electron chi connectivity index (χ2n) is 8.79. The molecule has 0 aliphatic carbocycles. The van der Waals surface area contributed by atoms with Crippen molar-refractivity contribution in [3.63, 3.8) is 0 Å². The summed E-state index contributed by atoms with van der Waals surface area (Å²) in [4.78, 5) is 41.2. The average Bonchev–Trinajstić information content (AvgIpc) is 3.33. The average molecular weight is 528 g/mol. The number of benzene rings is 2. The van der Waals surface area contributed by atoms with E-state index in [1.54, 1.807) is 47.3 Å². The van der Waals surface area contributed by atoms with E-state index in [0.29, 0.717) is 34.5 Å². The van der Waals surface area contributed by atoms with E-state index < -0.39 is 17.9 Å². The SMILES string of the molecule is O=C(NC(C(=O)O)c1cncc(Cc2ccc(Cn3ccccc3=O)cc2)c1)c1n[nH]c2ccc(Cl)cc12. The van der Waals surface area contributed by atoms with Crippen molar-refractivity contribution < 1.29 is 14.7 Å². The molecule has 0 bridgehead atoms. The van der Waals surface area contributed by atoms with Crippen LogP contribution in [0, 0.1) is 0 Å². The number of H-pyrrole nitrogens is 1. The van der Waals surface area contributed by atoms with Crippen LogP contribution in [0.3, 0.4) is 0 Å². The van der Waals surface area contributed by atoms with Crippen LogP contribution in [0.4, 0.5) is 0 Å². The van der Waals surface area contributed by atoms with Gasteiger partial charge in [0.1, 0.15) is 0 Å². The molecule has 0 spiro atoms. The first-order valence-electron chi connectivity index (χ1n) is 11.7. The van der Waals surface area contributed by atoms with E-state index in [0.717, 1.165) is 16.7 Å². The molecule has 0 saturated heterocycles. The van der Waals surface area contributed by atoms with E-state index in [1.807, 2.05) is 30.3 Å². The molecule has 3 aromatic heterocycles. The van der Waals surface area contributed by atoms with Crippen molar-refractivity contribution in [2.45, 2.75) is 19.0 Å². The van der Waals surface area contributed by atoms with Crippen LogP contribution < -0.4 is 10.9 Å². The first kappa shape index (κ1) is 24.9. The van der Waals surface area contributed by atoms with Gasteiger partial charge in [-0.15, -0.1) is 0 Å². The fourth-order valence-electron chi connectivity index (χ4n) is 4.19. The summed E-state index contributed by atoms with van der Waals surface area (Å²) in [7, 11) is 0. The number of nitrogens with one attached hydrogen (secondary N) is 2. The highest BCUT2D eigenvalue weighted by atomic mass is 35.5. The quantitative estimate of drug-likeness (QED) is 0.280. The van der Waals surface area contributed by atoms with Crippen LogP contribution in [0.25, 0.3) is 10.9 Å². The van der Waals surface area contributed by atoms with Gasteiger partial charge in [-0.1, -0.05) is 41.9 Å². The summed E-state index contributed by atoms with van der Waals surface area (Å²) in [6, 6.07) is 18.2. The fourth-order valence-corrected chi connectivity index (χ4v) is 4.37. The fraction of sp³-hybridized carbons (Fsp3) is 0.107. The molecule has 38 heavy (non-hydrogen) atoms. The van der Waals surface area contributed by atoms with Crippen LogP contribution in [0.5, 0.6) is 0 Å². The lowest BCUT2D eigenvalue weighted by atomic mass is 10.0. The van der Waals surface area contributed by atoms with Crippen molar-refractivity contribution in [1.82, 2.24) is 25.1 Å². The Hall–Kier alpha value is -4.76. The molecule has 2 aromatic carbocycles. The number of carbonyl (C=O) groups is 2.